The molecule has 0 saturated carbocycles. The molecule has 0 aliphatic carbocycles. The van der Waals surface area contributed by atoms with Crippen molar-refractivity contribution in [1.82, 2.24) is 4.98 Å². The third-order valence-electron chi connectivity index (χ3n) is 3.21. The van der Waals surface area contributed by atoms with E-state index in [1.807, 2.05) is 12.1 Å². The molecule has 1 aromatic carbocycles. The van der Waals surface area contributed by atoms with Crippen molar-refractivity contribution in [3.05, 3.63) is 42.6 Å². The van der Waals surface area contributed by atoms with E-state index >= 15 is 0 Å². The molecule has 4 nitrogen and oxygen atoms in total. The fraction of sp³-hybridized carbons (Fsp3) is 0.308. The Morgan fingerprint density at radius 2 is 2.12 bits per heavy atom. The number of hydrogen-bond donors (Lipinski definition) is 1. The molecule has 0 spiro atoms. The SMILES string of the molecule is Nc1ccc(N2CCCC2c2ncco2)cc1. The second kappa shape index (κ2) is 4.13. The Morgan fingerprint density at radius 1 is 1.29 bits per heavy atom. The zero-order chi connectivity index (χ0) is 11.7. The quantitative estimate of drug-likeness (QED) is 0.804. The Balaban J connectivity index is 1.89. The molecule has 1 atom stereocenters. The summed E-state index contributed by atoms with van der Waals surface area (Å²) in [5, 5.41) is 0. The number of benzene rings is 1. The van der Waals surface area contributed by atoms with Crippen LogP contribution in [0, 0.1) is 0 Å². The fourth-order valence-corrected chi connectivity index (χ4v) is 2.40. The molecule has 2 aromatic rings. The molecule has 1 saturated heterocycles. The van der Waals surface area contributed by atoms with E-state index in [1.165, 1.54) is 5.69 Å². The predicted octanol–water partition coefficient (Wildman–Crippen LogP) is 2.60. The number of nitrogens with zero attached hydrogens (tertiary/aromatic N) is 2. The van der Waals surface area contributed by atoms with Gasteiger partial charge in [-0.15, -0.1) is 0 Å². The van der Waals surface area contributed by atoms with Crippen LogP contribution in [0.2, 0.25) is 0 Å². The van der Waals surface area contributed by atoms with Gasteiger partial charge in [0.2, 0.25) is 5.89 Å². The fourth-order valence-electron chi connectivity index (χ4n) is 2.40. The average molecular weight is 229 g/mol. The third kappa shape index (κ3) is 1.86. The summed E-state index contributed by atoms with van der Waals surface area (Å²) in [5.41, 5.74) is 7.68. The van der Waals surface area contributed by atoms with Crippen molar-refractivity contribution in [3.63, 3.8) is 0 Å². The van der Waals surface area contributed by atoms with Gasteiger partial charge in [-0.2, -0.15) is 0 Å². The van der Waals surface area contributed by atoms with Gasteiger partial charge in [-0.1, -0.05) is 0 Å². The second-order valence-electron chi connectivity index (χ2n) is 4.31. The molecular formula is C13H15N3O. The van der Waals surface area contributed by atoms with E-state index in [-0.39, 0.29) is 6.04 Å². The Bertz CT molecular complexity index is 478. The van der Waals surface area contributed by atoms with Gasteiger partial charge in [-0.25, -0.2) is 4.98 Å². The first-order chi connectivity index (χ1) is 8.34. The molecule has 0 radical (unpaired) electrons. The Morgan fingerprint density at radius 3 is 2.82 bits per heavy atom. The molecule has 4 heteroatoms. The van der Waals surface area contributed by atoms with Gasteiger partial charge in [0, 0.05) is 17.9 Å². The molecule has 1 aliphatic rings. The minimum Gasteiger partial charge on any atom is -0.447 e. The highest BCUT2D eigenvalue weighted by atomic mass is 16.3. The lowest BCUT2D eigenvalue weighted by Gasteiger charge is -2.24. The zero-order valence-electron chi connectivity index (χ0n) is 9.54. The normalized spacial score (nSPS) is 19.8. The van der Waals surface area contributed by atoms with Gasteiger partial charge in [-0.3, -0.25) is 0 Å². The van der Waals surface area contributed by atoms with Gasteiger partial charge in [0.15, 0.2) is 0 Å². The van der Waals surface area contributed by atoms with E-state index in [1.54, 1.807) is 12.5 Å². The summed E-state index contributed by atoms with van der Waals surface area (Å²) >= 11 is 0. The van der Waals surface area contributed by atoms with Crippen LogP contribution in [-0.4, -0.2) is 11.5 Å². The van der Waals surface area contributed by atoms with E-state index in [2.05, 4.69) is 22.0 Å². The summed E-state index contributed by atoms with van der Waals surface area (Å²) in [6.45, 7) is 1.04. The molecule has 1 aliphatic heterocycles. The summed E-state index contributed by atoms with van der Waals surface area (Å²) in [6.07, 6.45) is 5.59. The van der Waals surface area contributed by atoms with Crippen molar-refractivity contribution in [3.8, 4) is 0 Å². The van der Waals surface area contributed by atoms with Crippen molar-refractivity contribution in [2.75, 3.05) is 17.2 Å². The van der Waals surface area contributed by atoms with Gasteiger partial charge in [0.05, 0.1) is 6.20 Å². The minimum atomic E-state index is 0.258. The van der Waals surface area contributed by atoms with E-state index in [0.717, 1.165) is 31.0 Å². The van der Waals surface area contributed by atoms with E-state index < -0.39 is 0 Å². The first kappa shape index (κ1) is 10.2. The number of hydrogen-bond acceptors (Lipinski definition) is 4. The molecule has 88 valence electrons. The van der Waals surface area contributed by atoms with E-state index in [0.29, 0.717) is 0 Å². The van der Waals surface area contributed by atoms with Crippen LogP contribution < -0.4 is 10.6 Å². The van der Waals surface area contributed by atoms with Crippen LogP contribution in [0.25, 0.3) is 0 Å². The molecule has 0 bridgehead atoms. The van der Waals surface area contributed by atoms with Gasteiger partial charge in [0.1, 0.15) is 12.3 Å². The molecule has 17 heavy (non-hydrogen) atoms. The number of nitrogens with two attached hydrogens (primary N) is 1. The van der Waals surface area contributed by atoms with Crippen LogP contribution in [-0.2, 0) is 0 Å². The first-order valence-electron chi connectivity index (χ1n) is 5.86. The second-order valence-corrected chi connectivity index (χ2v) is 4.31. The van der Waals surface area contributed by atoms with Crippen LogP contribution in [0.3, 0.4) is 0 Å². The Kier molecular flexibility index (Phi) is 2.48. The lowest BCUT2D eigenvalue weighted by Crippen LogP contribution is -2.22. The maximum Gasteiger partial charge on any atom is 0.216 e. The third-order valence-corrected chi connectivity index (χ3v) is 3.21. The van der Waals surface area contributed by atoms with Crippen LogP contribution >= 0.6 is 0 Å². The van der Waals surface area contributed by atoms with Crippen LogP contribution in [0.1, 0.15) is 24.8 Å². The molecule has 2 N–H and O–H groups in total. The summed E-state index contributed by atoms with van der Waals surface area (Å²) in [5.74, 6) is 0.805. The van der Waals surface area contributed by atoms with Gasteiger partial charge < -0.3 is 15.1 Å². The molecule has 1 fully saturated rings. The van der Waals surface area contributed by atoms with Crippen molar-refractivity contribution in [2.45, 2.75) is 18.9 Å². The minimum absolute atomic E-state index is 0.258. The zero-order valence-corrected chi connectivity index (χ0v) is 9.54. The topological polar surface area (TPSA) is 55.3 Å². The number of anilines is 2. The monoisotopic (exact) mass is 229 g/mol. The Hall–Kier alpha value is -1.97. The number of rotatable bonds is 2. The summed E-state index contributed by atoms with van der Waals surface area (Å²) in [7, 11) is 0. The van der Waals surface area contributed by atoms with Gasteiger partial charge in [-0.05, 0) is 37.1 Å². The standard InChI is InChI=1S/C13H15N3O/c14-10-3-5-11(6-4-10)16-8-1-2-12(16)13-15-7-9-17-13/h3-7,9,12H,1-2,8,14H2. The smallest absolute Gasteiger partial charge is 0.216 e. The molecule has 2 heterocycles. The highest BCUT2D eigenvalue weighted by molar-refractivity contribution is 5.54. The maximum atomic E-state index is 5.71. The maximum absolute atomic E-state index is 5.71. The van der Waals surface area contributed by atoms with Gasteiger partial charge in [0.25, 0.3) is 0 Å². The van der Waals surface area contributed by atoms with E-state index in [9.17, 15) is 0 Å². The number of nitrogen functional groups attached to an aromatic ring is 1. The molecule has 1 unspecified atom stereocenters. The largest absolute Gasteiger partial charge is 0.447 e. The number of aromatic nitrogens is 1. The van der Waals surface area contributed by atoms with Crippen molar-refractivity contribution >= 4 is 11.4 Å². The van der Waals surface area contributed by atoms with Crippen molar-refractivity contribution in [1.29, 1.82) is 0 Å². The van der Waals surface area contributed by atoms with Crippen LogP contribution in [0.15, 0.2) is 41.1 Å². The average Bonchev–Trinajstić information content (AvgIpc) is 3.00. The van der Waals surface area contributed by atoms with E-state index in [4.69, 9.17) is 10.2 Å². The molecular weight excluding hydrogens is 214 g/mol. The lowest BCUT2D eigenvalue weighted by atomic mass is 10.2. The summed E-state index contributed by atoms with van der Waals surface area (Å²) < 4.78 is 5.42. The molecule has 1 aromatic heterocycles. The van der Waals surface area contributed by atoms with Gasteiger partial charge >= 0.3 is 0 Å². The van der Waals surface area contributed by atoms with Crippen molar-refractivity contribution in [2.24, 2.45) is 0 Å². The highest BCUT2D eigenvalue weighted by Crippen LogP contribution is 2.35. The number of oxazole rings is 1. The summed E-state index contributed by atoms with van der Waals surface area (Å²) in [4.78, 5) is 6.58. The van der Waals surface area contributed by atoms with Crippen LogP contribution in [0.4, 0.5) is 11.4 Å². The van der Waals surface area contributed by atoms with Crippen LogP contribution in [0.5, 0.6) is 0 Å². The highest BCUT2D eigenvalue weighted by Gasteiger charge is 2.29. The first-order valence-corrected chi connectivity index (χ1v) is 5.86. The molecule has 3 rings (SSSR count). The van der Waals surface area contributed by atoms with Crippen molar-refractivity contribution < 1.29 is 4.42 Å². The summed E-state index contributed by atoms with van der Waals surface area (Å²) in [6, 6.07) is 8.22. The molecule has 0 amide bonds. The predicted molar refractivity (Wildman–Crippen MR) is 66.7 cm³/mol. The lowest BCUT2D eigenvalue weighted by molar-refractivity contribution is 0.449. The Labute approximate surface area is 100 Å².